The molecule has 0 radical (unpaired) electrons. The van der Waals surface area contributed by atoms with Crippen molar-refractivity contribution in [3.8, 4) is 0 Å². The highest BCUT2D eigenvalue weighted by molar-refractivity contribution is 5.91. The van der Waals surface area contributed by atoms with E-state index in [1.165, 1.54) is 6.20 Å². The SMILES string of the molecule is NC(=O)c1cc(NCc2cccnn2)ccn1. The Morgan fingerprint density at radius 2 is 2.24 bits per heavy atom. The van der Waals surface area contributed by atoms with Crippen LogP contribution in [0.5, 0.6) is 0 Å². The molecule has 0 atom stereocenters. The van der Waals surface area contributed by atoms with Gasteiger partial charge in [-0.2, -0.15) is 10.2 Å². The second kappa shape index (κ2) is 5.02. The Balaban J connectivity index is 2.04. The van der Waals surface area contributed by atoms with E-state index in [-0.39, 0.29) is 5.69 Å². The van der Waals surface area contributed by atoms with Crippen molar-refractivity contribution in [2.24, 2.45) is 5.73 Å². The molecule has 2 rings (SSSR count). The summed E-state index contributed by atoms with van der Waals surface area (Å²) in [4.78, 5) is 14.8. The molecule has 0 fully saturated rings. The number of hydrogen-bond donors (Lipinski definition) is 2. The van der Waals surface area contributed by atoms with Crippen molar-refractivity contribution in [1.82, 2.24) is 15.2 Å². The zero-order valence-electron chi connectivity index (χ0n) is 9.00. The van der Waals surface area contributed by atoms with Crippen LogP contribution in [0, 0.1) is 0 Å². The Morgan fingerprint density at radius 1 is 1.35 bits per heavy atom. The van der Waals surface area contributed by atoms with Crippen molar-refractivity contribution in [2.75, 3.05) is 5.32 Å². The van der Waals surface area contributed by atoms with Crippen LogP contribution in [-0.4, -0.2) is 21.1 Å². The number of carbonyl (C=O) groups is 1. The van der Waals surface area contributed by atoms with Crippen LogP contribution in [0.1, 0.15) is 16.2 Å². The van der Waals surface area contributed by atoms with Gasteiger partial charge in [-0.25, -0.2) is 0 Å². The Morgan fingerprint density at radius 3 is 2.94 bits per heavy atom. The summed E-state index contributed by atoms with van der Waals surface area (Å²) in [6.07, 6.45) is 3.14. The maximum Gasteiger partial charge on any atom is 0.267 e. The van der Waals surface area contributed by atoms with Gasteiger partial charge in [-0.1, -0.05) is 0 Å². The summed E-state index contributed by atoms with van der Waals surface area (Å²) >= 11 is 0. The fraction of sp³-hybridized carbons (Fsp3) is 0.0909. The molecule has 6 heteroatoms. The van der Waals surface area contributed by atoms with Gasteiger partial charge in [0.2, 0.25) is 0 Å². The predicted octanol–water partition coefficient (Wildman–Crippen LogP) is 0.583. The molecule has 0 aliphatic rings. The summed E-state index contributed by atoms with van der Waals surface area (Å²) < 4.78 is 0. The molecule has 3 N–H and O–H groups in total. The first-order chi connectivity index (χ1) is 8.25. The number of hydrogen-bond acceptors (Lipinski definition) is 5. The average molecular weight is 229 g/mol. The summed E-state index contributed by atoms with van der Waals surface area (Å²) in [5.41, 5.74) is 6.94. The summed E-state index contributed by atoms with van der Waals surface area (Å²) in [5, 5.41) is 10.8. The zero-order chi connectivity index (χ0) is 12.1. The lowest BCUT2D eigenvalue weighted by atomic mass is 10.3. The number of pyridine rings is 1. The average Bonchev–Trinajstić information content (AvgIpc) is 2.38. The predicted molar refractivity (Wildman–Crippen MR) is 62.1 cm³/mol. The van der Waals surface area contributed by atoms with Crippen molar-refractivity contribution < 1.29 is 4.79 Å². The Kier molecular flexibility index (Phi) is 3.25. The van der Waals surface area contributed by atoms with Gasteiger partial charge in [0.1, 0.15) is 5.69 Å². The largest absolute Gasteiger partial charge is 0.379 e. The molecule has 0 aliphatic carbocycles. The van der Waals surface area contributed by atoms with E-state index in [1.807, 2.05) is 12.1 Å². The molecule has 0 spiro atoms. The molecule has 0 aromatic carbocycles. The molecule has 0 unspecified atom stereocenters. The number of nitrogens with two attached hydrogens (primary N) is 1. The van der Waals surface area contributed by atoms with Crippen LogP contribution in [0.4, 0.5) is 5.69 Å². The number of amides is 1. The summed E-state index contributed by atoms with van der Waals surface area (Å²) in [7, 11) is 0. The van der Waals surface area contributed by atoms with Crippen molar-refractivity contribution >= 4 is 11.6 Å². The minimum atomic E-state index is -0.548. The van der Waals surface area contributed by atoms with E-state index >= 15 is 0 Å². The molecule has 17 heavy (non-hydrogen) atoms. The smallest absolute Gasteiger partial charge is 0.267 e. The standard InChI is InChI=1S/C11H11N5O/c12-11(17)10-6-8(3-5-13-10)14-7-9-2-1-4-15-16-9/h1-6H,7H2,(H2,12,17)(H,13,14). The second-order valence-electron chi connectivity index (χ2n) is 3.36. The number of carbonyl (C=O) groups excluding carboxylic acids is 1. The molecule has 0 bridgehead atoms. The van der Waals surface area contributed by atoms with Crippen molar-refractivity contribution in [3.63, 3.8) is 0 Å². The third kappa shape index (κ3) is 2.97. The van der Waals surface area contributed by atoms with E-state index < -0.39 is 5.91 Å². The van der Waals surface area contributed by atoms with Crippen LogP contribution >= 0.6 is 0 Å². The summed E-state index contributed by atoms with van der Waals surface area (Å²) in [6.45, 7) is 0.524. The highest BCUT2D eigenvalue weighted by atomic mass is 16.1. The first kappa shape index (κ1) is 11.0. The van der Waals surface area contributed by atoms with Crippen LogP contribution in [-0.2, 0) is 6.54 Å². The molecule has 2 aromatic rings. The van der Waals surface area contributed by atoms with Crippen molar-refractivity contribution in [1.29, 1.82) is 0 Å². The van der Waals surface area contributed by atoms with Crippen molar-refractivity contribution in [2.45, 2.75) is 6.54 Å². The van der Waals surface area contributed by atoms with E-state index in [1.54, 1.807) is 18.3 Å². The zero-order valence-corrected chi connectivity index (χ0v) is 9.00. The third-order valence-electron chi connectivity index (χ3n) is 2.11. The van der Waals surface area contributed by atoms with Gasteiger partial charge < -0.3 is 11.1 Å². The normalized spacial score (nSPS) is 9.88. The Labute approximate surface area is 97.9 Å². The molecular weight excluding hydrogens is 218 g/mol. The second-order valence-corrected chi connectivity index (χ2v) is 3.36. The van der Waals surface area contributed by atoms with Gasteiger partial charge >= 0.3 is 0 Å². The van der Waals surface area contributed by atoms with Gasteiger partial charge in [0.15, 0.2) is 0 Å². The van der Waals surface area contributed by atoms with Crippen LogP contribution < -0.4 is 11.1 Å². The Bertz CT molecular complexity index is 514. The minimum Gasteiger partial charge on any atom is -0.379 e. The number of rotatable bonds is 4. The molecule has 86 valence electrons. The maximum atomic E-state index is 10.9. The summed E-state index contributed by atoms with van der Waals surface area (Å²) in [6, 6.07) is 7.02. The number of nitrogens with zero attached hydrogens (tertiary/aromatic N) is 3. The summed E-state index contributed by atoms with van der Waals surface area (Å²) in [5.74, 6) is -0.548. The maximum absolute atomic E-state index is 10.9. The van der Waals surface area contributed by atoms with Gasteiger partial charge in [0.05, 0.1) is 12.2 Å². The topological polar surface area (TPSA) is 93.8 Å². The molecule has 6 nitrogen and oxygen atoms in total. The molecule has 0 saturated heterocycles. The number of anilines is 1. The third-order valence-corrected chi connectivity index (χ3v) is 2.11. The van der Waals surface area contributed by atoms with Gasteiger partial charge in [-0.05, 0) is 24.3 Å². The fourth-order valence-corrected chi connectivity index (χ4v) is 1.30. The minimum absolute atomic E-state index is 0.231. The van der Waals surface area contributed by atoms with E-state index in [9.17, 15) is 4.79 Å². The molecule has 2 aromatic heterocycles. The van der Waals surface area contributed by atoms with Gasteiger partial charge in [0, 0.05) is 18.1 Å². The van der Waals surface area contributed by atoms with Gasteiger partial charge in [-0.15, -0.1) is 0 Å². The van der Waals surface area contributed by atoms with E-state index in [4.69, 9.17) is 5.73 Å². The van der Waals surface area contributed by atoms with Crippen LogP contribution in [0.3, 0.4) is 0 Å². The first-order valence-corrected chi connectivity index (χ1v) is 5.02. The lowest BCUT2D eigenvalue weighted by Gasteiger charge is -2.05. The Hall–Kier alpha value is -2.50. The van der Waals surface area contributed by atoms with Gasteiger partial charge in [-0.3, -0.25) is 9.78 Å². The number of aromatic nitrogens is 3. The van der Waals surface area contributed by atoms with Crippen LogP contribution in [0.25, 0.3) is 0 Å². The lowest BCUT2D eigenvalue weighted by Crippen LogP contribution is -2.13. The molecular formula is C11H11N5O. The molecule has 0 saturated carbocycles. The highest BCUT2D eigenvalue weighted by Gasteiger charge is 2.02. The van der Waals surface area contributed by atoms with E-state index in [2.05, 4.69) is 20.5 Å². The molecule has 2 heterocycles. The van der Waals surface area contributed by atoms with Crippen LogP contribution in [0.15, 0.2) is 36.7 Å². The van der Waals surface area contributed by atoms with Gasteiger partial charge in [0.25, 0.3) is 5.91 Å². The lowest BCUT2D eigenvalue weighted by molar-refractivity contribution is 0.0995. The molecule has 0 aliphatic heterocycles. The van der Waals surface area contributed by atoms with Crippen molar-refractivity contribution in [3.05, 3.63) is 48.0 Å². The quantitative estimate of drug-likeness (QED) is 0.799. The number of nitrogens with one attached hydrogen (secondary N) is 1. The highest BCUT2D eigenvalue weighted by Crippen LogP contribution is 2.08. The van der Waals surface area contributed by atoms with E-state index in [0.29, 0.717) is 6.54 Å². The number of primary amides is 1. The fourth-order valence-electron chi connectivity index (χ4n) is 1.30. The molecule has 1 amide bonds. The van der Waals surface area contributed by atoms with Crippen LogP contribution in [0.2, 0.25) is 0 Å². The first-order valence-electron chi connectivity index (χ1n) is 5.02. The monoisotopic (exact) mass is 229 g/mol. The van der Waals surface area contributed by atoms with E-state index in [0.717, 1.165) is 11.4 Å².